The van der Waals surface area contributed by atoms with E-state index < -0.39 is 11.7 Å². The highest BCUT2D eigenvalue weighted by atomic mass is 19.1. The molecule has 156 valence electrons. The van der Waals surface area contributed by atoms with Crippen molar-refractivity contribution in [3.63, 3.8) is 0 Å². The molecule has 3 aromatic heterocycles. The van der Waals surface area contributed by atoms with Gasteiger partial charge in [-0.1, -0.05) is 36.4 Å². The number of benzene rings is 2. The molecule has 5 rings (SSSR count). The van der Waals surface area contributed by atoms with Crippen molar-refractivity contribution in [1.82, 2.24) is 19.7 Å². The Balaban J connectivity index is 1.66. The summed E-state index contributed by atoms with van der Waals surface area (Å²) in [6, 6.07) is 22.9. The number of amides is 1. The molecular formula is C25H18FN5O. The van der Waals surface area contributed by atoms with Crippen molar-refractivity contribution < 1.29 is 9.18 Å². The van der Waals surface area contributed by atoms with Gasteiger partial charge in [-0.05, 0) is 49.4 Å². The first kappa shape index (κ1) is 19.6. The third-order valence-electron chi connectivity index (χ3n) is 5.08. The van der Waals surface area contributed by atoms with Gasteiger partial charge < -0.3 is 5.32 Å². The first-order valence-corrected chi connectivity index (χ1v) is 10.0. The van der Waals surface area contributed by atoms with Gasteiger partial charge in [-0.3, -0.25) is 9.78 Å². The molecule has 0 unspecified atom stereocenters. The van der Waals surface area contributed by atoms with Crippen LogP contribution in [0.4, 0.5) is 10.1 Å². The second-order valence-corrected chi connectivity index (χ2v) is 7.27. The fourth-order valence-corrected chi connectivity index (χ4v) is 3.57. The molecule has 2 aromatic carbocycles. The maximum atomic E-state index is 14.0. The molecule has 0 fully saturated rings. The van der Waals surface area contributed by atoms with E-state index in [-0.39, 0.29) is 11.4 Å². The Kier molecular flexibility index (Phi) is 4.91. The number of pyridine rings is 2. The average Bonchev–Trinajstić information content (AvgIpc) is 3.26. The molecule has 0 radical (unpaired) electrons. The zero-order chi connectivity index (χ0) is 22.1. The Morgan fingerprint density at radius 2 is 1.78 bits per heavy atom. The van der Waals surface area contributed by atoms with Crippen LogP contribution in [-0.4, -0.2) is 25.7 Å². The van der Waals surface area contributed by atoms with Gasteiger partial charge in [0.15, 0.2) is 11.5 Å². The summed E-state index contributed by atoms with van der Waals surface area (Å²) in [5, 5.41) is 8.05. The Labute approximate surface area is 183 Å². The third kappa shape index (κ3) is 3.60. The van der Waals surface area contributed by atoms with Crippen LogP contribution in [0.1, 0.15) is 16.2 Å². The summed E-state index contributed by atoms with van der Waals surface area (Å²) in [6.07, 6.45) is 1.72. The highest BCUT2D eigenvalue weighted by Crippen LogP contribution is 2.30. The summed E-state index contributed by atoms with van der Waals surface area (Å²) in [4.78, 5) is 21.9. The van der Waals surface area contributed by atoms with Crippen molar-refractivity contribution in [2.75, 3.05) is 5.32 Å². The van der Waals surface area contributed by atoms with Gasteiger partial charge in [-0.2, -0.15) is 5.10 Å². The molecule has 0 aliphatic rings. The summed E-state index contributed by atoms with van der Waals surface area (Å²) < 4.78 is 15.7. The zero-order valence-corrected chi connectivity index (χ0v) is 17.2. The summed E-state index contributed by atoms with van der Waals surface area (Å²) in [5.41, 5.74) is 3.43. The summed E-state index contributed by atoms with van der Waals surface area (Å²) in [7, 11) is 0. The number of rotatable bonds is 4. The van der Waals surface area contributed by atoms with E-state index in [0.717, 1.165) is 22.2 Å². The van der Waals surface area contributed by atoms with E-state index in [4.69, 9.17) is 0 Å². The predicted molar refractivity (Wildman–Crippen MR) is 121 cm³/mol. The topological polar surface area (TPSA) is 72.7 Å². The molecule has 3 heterocycles. The van der Waals surface area contributed by atoms with Gasteiger partial charge in [0, 0.05) is 22.8 Å². The fraction of sp³-hybridized carbons (Fsp3) is 0.0400. The maximum Gasteiger partial charge on any atom is 0.276 e. The molecule has 6 nitrogen and oxygen atoms in total. The molecule has 1 amide bonds. The van der Waals surface area contributed by atoms with Crippen molar-refractivity contribution in [2.24, 2.45) is 0 Å². The van der Waals surface area contributed by atoms with Crippen molar-refractivity contribution in [2.45, 2.75) is 6.92 Å². The fourth-order valence-electron chi connectivity index (χ4n) is 3.57. The minimum absolute atomic E-state index is 0.0941. The van der Waals surface area contributed by atoms with Crippen molar-refractivity contribution in [1.29, 1.82) is 0 Å². The van der Waals surface area contributed by atoms with E-state index in [1.807, 2.05) is 55.5 Å². The summed E-state index contributed by atoms with van der Waals surface area (Å²) in [5.74, 6) is -0.451. The lowest BCUT2D eigenvalue weighted by molar-refractivity contribution is 0.102. The molecule has 0 saturated heterocycles. The van der Waals surface area contributed by atoms with Crippen LogP contribution in [0, 0.1) is 12.7 Å². The second-order valence-electron chi connectivity index (χ2n) is 7.27. The van der Waals surface area contributed by atoms with E-state index in [9.17, 15) is 9.18 Å². The van der Waals surface area contributed by atoms with Crippen LogP contribution in [0.2, 0.25) is 0 Å². The quantitative estimate of drug-likeness (QED) is 0.432. The second kappa shape index (κ2) is 8.03. The SMILES string of the molecule is Cc1cccc(-n2nc(C(=O)Nc3ccccc3F)cc2-c2ccnc3ccccc23)n1. The number of nitrogens with one attached hydrogen (secondary N) is 1. The van der Waals surface area contributed by atoms with Gasteiger partial charge in [0.25, 0.3) is 5.91 Å². The number of aryl methyl sites for hydroxylation is 1. The monoisotopic (exact) mass is 423 g/mol. The van der Waals surface area contributed by atoms with Crippen LogP contribution in [-0.2, 0) is 0 Å². The molecule has 0 atom stereocenters. The molecule has 7 heteroatoms. The van der Waals surface area contributed by atoms with Crippen LogP contribution in [0.25, 0.3) is 28.0 Å². The number of carbonyl (C=O) groups excluding carboxylic acids is 1. The molecule has 0 aliphatic heterocycles. The van der Waals surface area contributed by atoms with Gasteiger partial charge in [0.2, 0.25) is 0 Å². The molecule has 0 spiro atoms. The van der Waals surface area contributed by atoms with Crippen LogP contribution in [0.15, 0.2) is 85.1 Å². The number of carbonyl (C=O) groups is 1. The number of halogens is 1. The van der Waals surface area contributed by atoms with Gasteiger partial charge >= 0.3 is 0 Å². The molecular weight excluding hydrogens is 405 g/mol. The van der Waals surface area contributed by atoms with Gasteiger partial charge in [-0.15, -0.1) is 0 Å². The van der Waals surface area contributed by atoms with Crippen LogP contribution >= 0.6 is 0 Å². The standard InChI is InChI=1S/C25H18FN5O/c1-16-7-6-12-24(28-16)31-23(18-13-14-27-20-10-4-2-8-17(18)20)15-22(30-31)25(32)29-21-11-5-3-9-19(21)26/h2-15H,1H3,(H,29,32). The van der Waals surface area contributed by atoms with Crippen molar-refractivity contribution >= 4 is 22.5 Å². The Morgan fingerprint density at radius 3 is 2.62 bits per heavy atom. The van der Waals surface area contributed by atoms with Crippen molar-refractivity contribution in [3.8, 4) is 17.1 Å². The Morgan fingerprint density at radius 1 is 0.969 bits per heavy atom. The van der Waals surface area contributed by atoms with Gasteiger partial charge in [0.1, 0.15) is 5.82 Å². The largest absolute Gasteiger partial charge is 0.318 e. The molecule has 0 saturated carbocycles. The number of aromatic nitrogens is 4. The number of hydrogen-bond donors (Lipinski definition) is 1. The van der Waals surface area contributed by atoms with E-state index in [1.54, 1.807) is 29.1 Å². The van der Waals surface area contributed by atoms with E-state index in [1.165, 1.54) is 12.1 Å². The summed E-state index contributed by atoms with van der Waals surface area (Å²) in [6.45, 7) is 1.89. The lowest BCUT2D eigenvalue weighted by atomic mass is 10.1. The molecule has 1 N–H and O–H groups in total. The van der Waals surface area contributed by atoms with Crippen molar-refractivity contribution in [3.05, 3.63) is 102 Å². The highest BCUT2D eigenvalue weighted by molar-refractivity contribution is 6.04. The smallest absolute Gasteiger partial charge is 0.276 e. The minimum Gasteiger partial charge on any atom is -0.318 e. The first-order valence-electron chi connectivity index (χ1n) is 10.0. The molecule has 32 heavy (non-hydrogen) atoms. The minimum atomic E-state index is -0.513. The van der Waals surface area contributed by atoms with Crippen LogP contribution in [0.5, 0.6) is 0 Å². The molecule has 0 aliphatic carbocycles. The Bertz CT molecular complexity index is 1450. The van der Waals surface area contributed by atoms with E-state index >= 15 is 0 Å². The lowest BCUT2D eigenvalue weighted by Crippen LogP contribution is -2.14. The van der Waals surface area contributed by atoms with Crippen LogP contribution < -0.4 is 5.32 Å². The highest BCUT2D eigenvalue weighted by Gasteiger charge is 2.20. The number of nitrogens with zero attached hydrogens (tertiary/aromatic N) is 4. The summed E-state index contributed by atoms with van der Waals surface area (Å²) >= 11 is 0. The van der Waals surface area contributed by atoms with Gasteiger partial charge in [0.05, 0.1) is 16.9 Å². The van der Waals surface area contributed by atoms with E-state index in [0.29, 0.717) is 11.5 Å². The Hall–Kier alpha value is -4.39. The number of hydrogen-bond acceptors (Lipinski definition) is 4. The molecule has 5 aromatic rings. The predicted octanol–water partition coefficient (Wildman–Crippen LogP) is 5.18. The van der Waals surface area contributed by atoms with E-state index in [2.05, 4.69) is 20.4 Å². The van der Waals surface area contributed by atoms with Gasteiger partial charge in [-0.25, -0.2) is 14.1 Å². The average molecular weight is 423 g/mol. The number of para-hydroxylation sites is 2. The maximum absolute atomic E-state index is 14.0. The number of anilines is 1. The first-order chi connectivity index (χ1) is 15.6. The normalized spacial score (nSPS) is 10.9. The number of fused-ring (bicyclic) bond motifs is 1. The molecule has 0 bridgehead atoms. The third-order valence-corrected chi connectivity index (χ3v) is 5.08. The van der Waals surface area contributed by atoms with Crippen LogP contribution in [0.3, 0.4) is 0 Å². The zero-order valence-electron chi connectivity index (χ0n) is 17.2. The lowest BCUT2D eigenvalue weighted by Gasteiger charge is -2.09.